The van der Waals surface area contributed by atoms with Crippen molar-refractivity contribution in [2.24, 2.45) is 0 Å². The lowest BCUT2D eigenvalue weighted by atomic mass is 9.93. The number of aromatic amines is 1. The van der Waals surface area contributed by atoms with Crippen LogP contribution < -0.4 is 4.72 Å². The topological polar surface area (TPSA) is 99.3 Å². The maximum absolute atomic E-state index is 13.0. The summed E-state index contributed by atoms with van der Waals surface area (Å²) in [6.45, 7) is 1.67. The van der Waals surface area contributed by atoms with E-state index in [1.807, 2.05) is 24.3 Å². The molecule has 0 radical (unpaired) electrons. The number of aliphatic carboxylic acids is 1. The van der Waals surface area contributed by atoms with Crippen molar-refractivity contribution in [3.63, 3.8) is 0 Å². The van der Waals surface area contributed by atoms with E-state index in [1.165, 1.54) is 30.3 Å². The summed E-state index contributed by atoms with van der Waals surface area (Å²) in [5.41, 5.74) is 2.14. The molecule has 33 heavy (non-hydrogen) atoms. The van der Waals surface area contributed by atoms with Gasteiger partial charge in [0.05, 0.1) is 4.88 Å². The fourth-order valence-corrected chi connectivity index (χ4v) is 5.89. The molecule has 0 amide bonds. The highest BCUT2D eigenvalue weighted by atomic mass is 32.2. The molecule has 0 bridgehead atoms. The van der Waals surface area contributed by atoms with E-state index in [4.69, 9.17) is 0 Å². The Morgan fingerprint density at radius 3 is 2.55 bits per heavy atom. The number of nitrogens with one attached hydrogen (secondary N) is 2. The van der Waals surface area contributed by atoms with Crippen LogP contribution in [0.5, 0.6) is 0 Å². The lowest BCUT2D eigenvalue weighted by Crippen LogP contribution is -2.43. The first-order valence-corrected chi connectivity index (χ1v) is 12.2. The van der Waals surface area contributed by atoms with Crippen LogP contribution in [0.15, 0.2) is 71.1 Å². The second kappa shape index (κ2) is 9.19. The number of halogens is 1. The second-order valence-corrected chi connectivity index (χ2v) is 10.4. The molecule has 9 heteroatoms. The molecule has 2 aromatic heterocycles. The Labute approximate surface area is 194 Å². The number of hydrogen-bond acceptors (Lipinski definition) is 4. The SMILES string of the molecule is C[C@H](c1c[nH]c2ccccc12)[C@H](NS(=O)(=O)c1ccc(C#Cc2ccc(F)cc2)s1)C(=O)O. The molecule has 0 saturated carbocycles. The van der Waals surface area contributed by atoms with Gasteiger partial charge in [-0.25, -0.2) is 12.8 Å². The van der Waals surface area contributed by atoms with Crippen LogP contribution in [0, 0.1) is 17.7 Å². The van der Waals surface area contributed by atoms with Crippen molar-refractivity contribution < 1.29 is 22.7 Å². The Balaban J connectivity index is 1.56. The number of hydrogen-bond donors (Lipinski definition) is 3. The van der Waals surface area contributed by atoms with Gasteiger partial charge in [0, 0.05) is 28.6 Å². The summed E-state index contributed by atoms with van der Waals surface area (Å²) in [6, 6.07) is 14.6. The predicted molar refractivity (Wildman–Crippen MR) is 125 cm³/mol. The molecule has 168 valence electrons. The van der Waals surface area contributed by atoms with Gasteiger partial charge in [0.2, 0.25) is 0 Å². The van der Waals surface area contributed by atoms with Crippen molar-refractivity contribution in [3.05, 3.63) is 88.7 Å². The predicted octanol–water partition coefficient (Wildman–Crippen LogP) is 4.30. The number of H-pyrrole nitrogens is 1. The molecular formula is C24H19FN2O4S2. The van der Waals surface area contributed by atoms with E-state index >= 15 is 0 Å². The molecule has 6 nitrogen and oxygen atoms in total. The van der Waals surface area contributed by atoms with Crippen LogP contribution in [0.1, 0.15) is 28.8 Å². The summed E-state index contributed by atoms with van der Waals surface area (Å²) in [6.07, 6.45) is 1.70. The van der Waals surface area contributed by atoms with Gasteiger partial charge in [0.25, 0.3) is 10.0 Å². The van der Waals surface area contributed by atoms with Crippen molar-refractivity contribution >= 4 is 38.2 Å². The van der Waals surface area contributed by atoms with Gasteiger partial charge in [-0.2, -0.15) is 4.72 Å². The molecule has 3 N–H and O–H groups in total. The normalized spacial score (nSPS) is 13.3. The van der Waals surface area contributed by atoms with Crippen molar-refractivity contribution in [2.75, 3.05) is 0 Å². The first kappa shape index (κ1) is 22.7. The third kappa shape index (κ3) is 4.98. The minimum absolute atomic E-state index is 0.0386. The molecule has 4 rings (SSSR count). The number of carboxylic acids is 1. The van der Waals surface area contributed by atoms with E-state index in [2.05, 4.69) is 21.5 Å². The summed E-state index contributed by atoms with van der Waals surface area (Å²) in [4.78, 5) is 15.6. The quantitative estimate of drug-likeness (QED) is 0.357. The van der Waals surface area contributed by atoms with Gasteiger partial charge < -0.3 is 10.1 Å². The minimum Gasteiger partial charge on any atom is -0.480 e. The largest absolute Gasteiger partial charge is 0.480 e. The molecule has 0 aliphatic heterocycles. The molecule has 0 unspecified atom stereocenters. The Morgan fingerprint density at radius 2 is 1.82 bits per heavy atom. The standard InChI is InChI=1S/C24H19FN2O4S2/c1-15(20-14-26-21-5-3-2-4-19(20)21)23(24(28)29)27-33(30,31)22-13-12-18(32-22)11-8-16-6-9-17(25)10-7-16/h2-7,9-10,12-15,23,26-27H,1H3,(H,28,29)/t15-,23+/m1/s1. The van der Waals surface area contributed by atoms with Crippen LogP contribution in [0.2, 0.25) is 0 Å². The first-order valence-electron chi connectivity index (χ1n) is 9.93. The number of carboxylic acid groups (broad SMARTS) is 1. The van der Waals surface area contributed by atoms with E-state index in [9.17, 15) is 22.7 Å². The molecule has 0 aliphatic rings. The number of benzene rings is 2. The smallest absolute Gasteiger partial charge is 0.322 e. The molecular weight excluding hydrogens is 463 g/mol. The number of rotatable bonds is 6. The fraction of sp³-hybridized carbons (Fsp3) is 0.125. The summed E-state index contributed by atoms with van der Waals surface area (Å²) in [5, 5.41) is 10.6. The summed E-state index contributed by atoms with van der Waals surface area (Å²) in [5.74, 6) is 3.42. The first-order chi connectivity index (χ1) is 15.7. The molecule has 0 saturated heterocycles. The summed E-state index contributed by atoms with van der Waals surface area (Å²) < 4.78 is 41.2. The van der Waals surface area contributed by atoms with E-state index in [1.54, 1.807) is 19.2 Å². The van der Waals surface area contributed by atoms with E-state index in [0.29, 0.717) is 16.0 Å². The monoisotopic (exact) mass is 482 g/mol. The average molecular weight is 483 g/mol. The van der Waals surface area contributed by atoms with Crippen molar-refractivity contribution in [2.45, 2.75) is 23.1 Å². The minimum atomic E-state index is -4.10. The number of carbonyl (C=O) groups is 1. The lowest BCUT2D eigenvalue weighted by molar-refractivity contribution is -0.139. The zero-order chi connectivity index (χ0) is 23.6. The Kier molecular flexibility index (Phi) is 6.33. The number of sulfonamides is 1. The molecule has 4 aromatic rings. The fourth-order valence-electron chi connectivity index (χ4n) is 3.44. The zero-order valence-electron chi connectivity index (χ0n) is 17.4. The second-order valence-electron chi connectivity index (χ2n) is 7.39. The van der Waals surface area contributed by atoms with E-state index in [0.717, 1.165) is 22.2 Å². The zero-order valence-corrected chi connectivity index (χ0v) is 19.0. The van der Waals surface area contributed by atoms with Gasteiger partial charge in [0.15, 0.2) is 0 Å². The molecule has 2 atom stereocenters. The van der Waals surface area contributed by atoms with Gasteiger partial charge in [-0.3, -0.25) is 4.79 Å². The molecule has 0 aliphatic carbocycles. The number of aromatic nitrogens is 1. The van der Waals surface area contributed by atoms with Crippen LogP contribution in [0.3, 0.4) is 0 Å². The highest BCUT2D eigenvalue weighted by Crippen LogP contribution is 2.29. The van der Waals surface area contributed by atoms with Gasteiger partial charge in [-0.15, -0.1) is 11.3 Å². The Bertz CT molecular complexity index is 1480. The molecule has 0 spiro atoms. The van der Waals surface area contributed by atoms with Gasteiger partial charge >= 0.3 is 5.97 Å². The number of fused-ring (bicyclic) bond motifs is 1. The number of thiophene rings is 1. The summed E-state index contributed by atoms with van der Waals surface area (Å²) in [7, 11) is -4.10. The van der Waals surface area contributed by atoms with Crippen molar-refractivity contribution in [3.8, 4) is 11.8 Å². The third-order valence-corrected chi connectivity index (χ3v) is 8.11. The summed E-state index contributed by atoms with van der Waals surface area (Å²) >= 11 is 0.930. The third-order valence-electron chi connectivity index (χ3n) is 5.18. The van der Waals surface area contributed by atoms with Crippen LogP contribution in [-0.2, 0) is 14.8 Å². The van der Waals surface area contributed by atoms with Crippen LogP contribution in [0.4, 0.5) is 4.39 Å². The highest BCUT2D eigenvalue weighted by Gasteiger charge is 2.33. The molecule has 2 aromatic carbocycles. The van der Waals surface area contributed by atoms with Gasteiger partial charge in [-0.05, 0) is 48.0 Å². The van der Waals surface area contributed by atoms with Crippen LogP contribution >= 0.6 is 11.3 Å². The van der Waals surface area contributed by atoms with Crippen LogP contribution in [0.25, 0.3) is 10.9 Å². The van der Waals surface area contributed by atoms with Crippen LogP contribution in [-0.4, -0.2) is 30.5 Å². The van der Waals surface area contributed by atoms with E-state index < -0.39 is 28.0 Å². The average Bonchev–Trinajstić information content (AvgIpc) is 3.44. The lowest BCUT2D eigenvalue weighted by Gasteiger charge is -2.21. The van der Waals surface area contributed by atoms with Gasteiger partial charge in [0.1, 0.15) is 16.1 Å². The maximum atomic E-state index is 13.0. The molecule has 0 fully saturated rings. The maximum Gasteiger partial charge on any atom is 0.322 e. The van der Waals surface area contributed by atoms with E-state index in [-0.39, 0.29) is 10.0 Å². The molecule has 2 heterocycles. The van der Waals surface area contributed by atoms with Crippen molar-refractivity contribution in [1.29, 1.82) is 0 Å². The Hall–Kier alpha value is -3.45. The highest BCUT2D eigenvalue weighted by molar-refractivity contribution is 7.91. The van der Waals surface area contributed by atoms with Crippen molar-refractivity contribution in [1.82, 2.24) is 9.71 Å². The Morgan fingerprint density at radius 1 is 1.09 bits per heavy atom. The van der Waals surface area contributed by atoms with Gasteiger partial charge in [-0.1, -0.05) is 37.0 Å². The number of para-hydroxylation sites is 1.